The molecule has 0 radical (unpaired) electrons. The number of hydrogen-bond donors (Lipinski definition) is 2. The summed E-state index contributed by atoms with van der Waals surface area (Å²) in [5, 5.41) is 8.86. The summed E-state index contributed by atoms with van der Waals surface area (Å²) in [6.45, 7) is 1.74. The molecule has 1 aliphatic carbocycles. The van der Waals surface area contributed by atoms with Crippen molar-refractivity contribution in [3.8, 4) is 0 Å². The standard InChI is InChI=1S/C21H24FNO4S/c1-14-12-16(7-6-15-4-2-3-5-15)8-11-20(14)28(26,27)23-17-9-10-18(21(24)25)19(22)13-17/h8-13,15,23H,2-7H2,1H3,(H,24,25). The van der Waals surface area contributed by atoms with Gasteiger partial charge in [0.1, 0.15) is 5.82 Å². The van der Waals surface area contributed by atoms with Crippen molar-refractivity contribution in [1.29, 1.82) is 0 Å². The lowest BCUT2D eigenvalue weighted by molar-refractivity contribution is 0.0692. The average molecular weight is 405 g/mol. The number of carboxylic acids is 1. The number of rotatable bonds is 7. The molecule has 0 amide bonds. The third-order valence-corrected chi connectivity index (χ3v) is 6.84. The fraction of sp³-hybridized carbons (Fsp3) is 0.381. The SMILES string of the molecule is Cc1cc(CCC2CCCC2)ccc1S(=O)(=O)Nc1ccc(C(=O)O)c(F)c1. The van der Waals surface area contributed by atoms with Crippen LogP contribution in [0.25, 0.3) is 0 Å². The van der Waals surface area contributed by atoms with Gasteiger partial charge in [-0.25, -0.2) is 17.6 Å². The van der Waals surface area contributed by atoms with Crippen molar-refractivity contribution < 1.29 is 22.7 Å². The van der Waals surface area contributed by atoms with E-state index in [-0.39, 0.29) is 10.6 Å². The Morgan fingerprint density at radius 2 is 1.89 bits per heavy atom. The van der Waals surface area contributed by atoms with E-state index in [1.54, 1.807) is 13.0 Å². The molecule has 2 aromatic carbocycles. The monoisotopic (exact) mass is 405 g/mol. The van der Waals surface area contributed by atoms with E-state index in [4.69, 9.17) is 5.11 Å². The topological polar surface area (TPSA) is 83.5 Å². The van der Waals surface area contributed by atoms with Gasteiger partial charge < -0.3 is 5.11 Å². The van der Waals surface area contributed by atoms with Crippen LogP contribution < -0.4 is 4.72 Å². The number of anilines is 1. The molecule has 2 aromatic rings. The molecule has 0 heterocycles. The van der Waals surface area contributed by atoms with Gasteiger partial charge in [0.05, 0.1) is 16.1 Å². The first-order chi connectivity index (χ1) is 13.3. The van der Waals surface area contributed by atoms with Crippen molar-refractivity contribution in [2.24, 2.45) is 5.92 Å². The van der Waals surface area contributed by atoms with Gasteiger partial charge in [0, 0.05) is 0 Å². The number of aryl methyl sites for hydroxylation is 2. The fourth-order valence-electron chi connectivity index (χ4n) is 3.80. The maximum Gasteiger partial charge on any atom is 0.338 e. The third kappa shape index (κ3) is 4.70. The highest BCUT2D eigenvalue weighted by atomic mass is 32.2. The highest BCUT2D eigenvalue weighted by Crippen LogP contribution is 2.29. The highest BCUT2D eigenvalue weighted by Gasteiger charge is 2.20. The second-order valence-corrected chi connectivity index (χ2v) is 9.05. The molecule has 1 fully saturated rings. The Morgan fingerprint density at radius 3 is 2.50 bits per heavy atom. The molecule has 0 bridgehead atoms. The van der Waals surface area contributed by atoms with Crippen LogP contribution in [0.15, 0.2) is 41.3 Å². The summed E-state index contributed by atoms with van der Waals surface area (Å²) in [7, 11) is -3.91. The van der Waals surface area contributed by atoms with Crippen LogP contribution in [0, 0.1) is 18.7 Å². The van der Waals surface area contributed by atoms with Crippen molar-refractivity contribution in [3.05, 3.63) is 58.9 Å². The maximum absolute atomic E-state index is 13.8. The van der Waals surface area contributed by atoms with Gasteiger partial charge in [-0.05, 0) is 61.1 Å². The summed E-state index contributed by atoms with van der Waals surface area (Å²) >= 11 is 0. The van der Waals surface area contributed by atoms with Gasteiger partial charge >= 0.3 is 5.97 Å². The fourth-order valence-corrected chi connectivity index (χ4v) is 5.08. The van der Waals surface area contributed by atoms with Crippen molar-refractivity contribution in [1.82, 2.24) is 0 Å². The summed E-state index contributed by atoms with van der Waals surface area (Å²) < 4.78 is 41.5. The predicted octanol–water partition coefficient (Wildman–Crippen LogP) is 4.76. The first kappa shape index (κ1) is 20.3. The van der Waals surface area contributed by atoms with Crippen LogP contribution in [0.1, 0.15) is 53.6 Å². The van der Waals surface area contributed by atoms with E-state index >= 15 is 0 Å². The van der Waals surface area contributed by atoms with Gasteiger partial charge in [0.15, 0.2) is 0 Å². The van der Waals surface area contributed by atoms with E-state index in [0.717, 1.165) is 36.5 Å². The summed E-state index contributed by atoms with van der Waals surface area (Å²) in [4.78, 5) is 11.0. The molecule has 7 heteroatoms. The number of hydrogen-bond acceptors (Lipinski definition) is 3. The van der Waals surface area contributed by atoms with Crippen LogP contribution in [0.3, 0.4) is 0 Å². The van der Waals surface area contributed by atoms with Crippen LogP contribution in [0.2, 0.25) is 0 Å². The van der Waals surface area contributed by atoms with E-state index in [1.807, 2.05) is 12.1 Å². The molecule has 2 N–H and O–H groups in total. The van der Waals surface area contributed by atoms with E-state index in [1.165, 1.54) is 31.7 Å². The molecule has 0 unspecified atom stereocenters. The predicted molar refractivity (Wildman–Crippen MR) is 106 cm³/mol. The number of carbonyl (C=O) groups is 1. The number of benzene rings is 2. The van der Waals surface area contributed by atoms with Gasteiger partial charge in [0.25, 0.3) is 10.0 Å². The van der Waals surface area contributed by atoms with Crippen LogP contribution in [0.5, 0.6) is 0 Å². The summed E-state index contributed by atoms with van der Waals surface area (Å²) in [5.74, 6) is -1.63. The number of halogens is 1. The summed E-state index contributed by atoms with van der Waals surface area (Å²) in [5.41, 5.74) is 1.21. The normalized spacial score (nSPS) is 14.9. The Hall–Kier alpha value is -2.41. The molecule has 0 spiro atoms. The van der Waals surface area contributed by atoms with Crippen LogP contribution in [-0.2, 0) is 16.4 Å². The Bertz CT molecular complexity index is 982. The Labute approximate surface area is 164 Å². The molecule has 0 aliphatic heterocycles. The largest absolute Gasteiger partial charge is 0.478 e. The molecule has 150 valence electrons. The second-order valence-electron chi connectivity index (χ2n) is 7.39. The zero-order valence-corrected chi connectivity index (χ0v) is 16.6. The van der Waals surface area contributed by atoms with Crippen molar-refractivity contribution in [2.45, 2.75) is 50.3 Å². The van der Waals surface area contributed by atoms with Crippen LogP contribution >= 0.6 is 0 Å². The number of sulfonamides is 1. The highest BCUT2D eigenvalue weighted by molar-refractivity contribution is 7.92. The smallest absolute Gasteiger partial charge is 0.338 e. The van der Waals surface area contributed by atoms with E-state index in [9.17, 15) is 17.6 Å². The Morgan fingerprint density at radius 1 is 1.18 bits per heavy atom. The summed E-state index contributed by atoms with van der Waals surface area (Å²) in [6, 6.07) is 8.42. The average Bonchev–Trinajstić information content (AvgIpc) is 3.12. The number of aromatic carboxylic acids is 1. The molecule has 5 nitrogen and oxygen atoms in total. The molecular weight excluding hydrogens is 381 g/mol. The lowest BCUT2D eigenvalue weighted by Gasteiger charge is -2.13. The third-order valence-electron chi connectivity index (χ3n) is 5.30. The number of carboxylic acid groups (broad SMARTS) is 1. The van der Waals surface area contributed by atoms with Gasteiger partial charge in [-0.3, -0.25) is 4.72 Å². The molecule has 1 saturated carbocycles. The minimum Gasteiger partial charge on any atom is -0.478 e. The molecule has 0 aromatic heterocycles. The molecular formula is C21H24FNO4S. The lowest BCUT2D eigenvalue weighted by atomic mass is 9.97. The molecule has 1 aliphatic rings. The Kier molecular flexibility index (Phi) is 6.03. The molecule has 0 saturated heterocycles. The minimum atomic E-state index is -3.91. The zero-order valence-electron chi connectivity index (χ0n) is 15.7. The van der Waals surface area contributed by atoms with Crippen LogP contribution in [-0.4, -0.2) is 19.5 Å². The van der Waals surface area contributed by atoms with Gasteiger partial charge in [-0.1, -0.05) is 37.8 Å². The quantitative estimate of drug-likeness (QED) is 0.696. The van der Waals surface area contributed by atoms with Gasteiger partial charge in [-0.2, -0.15) is 0 Å². The minimum absolute atomic E-state index is 0.0211. The van der Waals surface area contributed by atoms with Gasteiger partial charge in [-0.15, -0.1) is 0 Å². The first-order valence-corrected chi connectivity index (χ1v) is 10.9. The van der Waals surface area contributed by atoms with Crippen molar-refractivity contribution in [2.75, 3.05) is 4.72 Å². The first-order valence-electron chi connectivity index (χ1n) is 9.41. The maximum atomic E-state index is 13.8. The van der Waals surface area contributed by atoms with E-state index in [0.29, 0.717) is 5.56 Å². The second kappa shape index (κ2) is 8.31. The lowest BCUT2D eigenvalue weighted by Crippen LogP contribution is -2.15. The van der Waals surface area contributed by atoms with Gasteiger partial charge in [0.2, 0.25) is 0 Å². The number of nitrogens with one attached hydrogen (secondary N) is 1. The zero-order chi connectivity index (χ0) is 20.3. The van der Waals surface area contributed by atoms with Crippen molar-refractivity contribution >= 4 is 21.7 Å². The molecule has 3 rings (SSSR count). The summed E-state index contributed by atoms with van der Waals surface area (Å²) in [6.07, 6.45) is 7.24. The Balaban J connectivity index is 1.74. The van der Waals surface area contributed by atoms with Crippen molar-refractivity contribution in [3.63, 3.8) is 0 Å². The van der Waals surface area contributed by atoms with E-state index in [2.05, 4.69) is 4.72 Å². The molecule has 28 heavy (non-hydrogen) atoms. The molecule has 0 atom stereocenters. The van der Waals surface area contributed by atoms with E-state index < -0.39 is 27.4 Å². The van der Waals surface area contributed by atoms with Crippen LogP contribution in [0.4, 0.5) is 10.1 Å².